The van der Waals surface area contributed by atoms with Crippen molar-refractivity contribution in [3.63, 3.8) is 0 Å². The molecule has 1 aromatic heterocycles. The van der Waals surface area contributed by atoms with Crippen LogP contribution in [0.5, 0.6) is 0 Å². The van der Waals surface area contributed by atoms with E-state index in [1.807, 2.05) is 6.07 Å². The molecule has 0 radical (unpaired) electrons. The molecule has 0 fully saturated rings. The first kappa shape index (κ1) is 9.86. The van der Waals surface area contributed by atoms with Gasteiger partial charge in [0.15, 0.2) is 5.82 Å². The van der Waals surface area contributed by atoms with E-state index < -0.39 is 0 Å². The molecule has 4 nitrogen and oxygen atoms in total. The number of benzene rings is 1. The Labute approximate surface area is 88.8 Å². The molecule has 4 heteroatoms. The van der Waals surface area contributed by atoms with Crippen LogP contribution < -0.4 is 5.73 Å². The zero-order chi connectivity index (χ0) is 10.8. The summed E-state index contributed by atoms with van der Waals surface area (Å²) in [4.78, 5) is 4.12. The summed E-state index contributed by atoms with van der Waals surface area (Å²) < 4.78 is 1.78. The highest BCUT2D eigenvalue weighted by molar-refractivity contribution is 5.45. The van der Waals surface area contributed by atoms with Gasteiger partial charge in [-0.15, -0.1) is 5.10 Å². The maximum Gasteiger partial charge on any atom is 0.164 e. The number of nitrogens with two attached hydrogens (primary N) is 1. The van der Waals surface area contributed by atoms with Crippen LogP contribution in [0.3, 0.4) is 0 Å². The summed E-state index contributed by atoms with van der Waals surface area (Å²) in [5.41, 5.74) is 8.93. The number of aromatic nitrogens is 3. The largest absolute Gasteiger partial charge is 0.324 e. The number of aryl methyl sites for hydroxylation is 2. The van der Waals surface area contributed by atoms with E-state index in [9.17, 15) is 0 Å². The molecule has 0 amide bonds. The summed E-state index contributed by atoms with van der Waals surface area (Å²) in [5.74, 6) is 0.664. The van der Waals surface area contributed by atoms with Gasteiger partial charge in [0, 0.05) is 0 Å². The molecule has 15 heavy (non-hydrogen) atoms. The Kier molecular flexibility index (Phi) is 2.51. The fourth-order valence-electron chi connectivity index (χ4n) is 1.67. The monoisotopic (exact) mass is 202 g/mol. The topological polar surface area (TPSA) is 56.7 Å². The van der Waals surface area contributed by atoms with Crippen LogP contribution in [0.25, 0.3) is 5.69 Å². The molecule has 2 N–H and O–H groups in total. The molecule has 0 aliphatic carbocycles. The Morgan fingerprint density at radius 1 is 1.27 bits per heavy atom. The second-order valence-electron chi connectivity index (χ2n) is 3.55. The molecule has 0 saturated carbocycles. The van der Waals surface area contributed by atoms with Gasteiger partial charge in [0.25, 0.3) is 0 Å². The van der Waals surface area contributed by atoms with Crippen LogP contribution in [0.2, 0.25) is 0 Å². The molecule has 0 unspecified atom stereocenters. The van der Waals surface area contributed by atoms with Gasteiger partial charge >= 0.3 is 0 Å². The smallest absolute Gasteiger partial charge is 0.164 e. The van der Waals surface area contributed by atoms with Crippen LogP contribution in [0.4, 0.5) is 0 Å². The highest BCUT2D eigenvalue weighted by Gasteiger charge is 2.06. The summed E-state index contributed by atoms with van der Waals surface area (Å²) in [7, 11) is 0. The van der Waals surface area contributed by atoms with E-state index in [0.717, 1.165) is 5.69 Å². The van der Waals surface area contributed by atoms with E-state index in [0.29, 0.717) is 12.4 Å². The maximum atomic E-state index is 5.48. The third-order valence-corrected chi connectivity index (χ3v) is 2.39. The van der Waals surface area contributed by atoms with Gasteiger partial charge in [-0.2, -0.15) is 0 Å². The molecular formula is C11H14N4. The van der Waals surface area contributed by atoms with E-state index in [-0.39, 0.29) is 0 Å². The SMILES string of the molecule is Cc1cccc(C)c1-n1cnc(CN)n1. The summed E-state index contributed by atoms with van der Waals surface area (Å²) in [6.07, 6.45) is 1.71. The van der Waals surface area contributed by atoms with E-state index in [1.54, 1.807) is 11.0 Å². The highest BCUT2D eigenvalue weighted by Crippen LogP contribution is 2.17. The van der Waals surface area contributed by atoms with Crippen LogP contribution in [0.15, 0.2) is 24.5 Å². The lowest BCUT2D eigenvalue weighted by atomic mass is 10.1. The van der Waals surface area contributed by atoms with Crippen molar-refractivity contribution < 1.29 is 0 Å². The minimum Gasteiger partial charge on any atom is -0.324 e. The standard InChI is InChI=1S/C11H14N4/c1-8-4-3-5-9(2)11(8)15-7-13-10(6-12)14-15/h3-5,7H,6,12H2,1-2H3. The van der Waals surface area contributed by atoms with Gasteiger partial charge in [-0.25, -0.2) is 9.67 Å². The molecule has 0 bridgehead atoms. The summed E-state index contributed by atoms with van der Waals surface area (Å²) in [5, 5.41) is 4.30. The average Bonchev–Trinajstić information content (AvgIpc) is 2.66. The highest BCUT2D eigenvalue weighted by atomic mass is 15.3. The quantitative estimate of drug-likeness (QED) is 0.799. The Hall–Kier alpha value is -1.68. The van der Waals surface area contributed by atoms with Crippen molar-refractivity contribution in [2.24, 2.45) is 5.73 Å². The molecule has 0 saturated heterocycles. The summed E-state index contributed by atoms with van der Waals surface area (Å²) in [6.45, 7) is 4.50. The Morgan fingerprint density at radius 2 is 1.93 bits per heavy atom. The zero-order valence-electron chi connectivity index (χ0n) is 8.94. The summed E-state index contributed by atoms with van der Waals surface area (Å²) in [6, 6.07) is 6.16. The van der Waals surface area contributed by atoms with Crippen LogP contribution in [-0.2, 0) is 6.54 Å². The van der Waals surface area contributed by atoms with Crippen LogP contribution in [0.1, 0.15) is 17.0 Å². The molecule has 1 aromatic carbocycles. The lowest BCUT2D eigenvalue weighted by Crippen LogP contribution is -2.03. The molecule has 1 heterocycles. The minimum absolute atomic E-state index is 0.373. The van der Waals surface area contributed by atoms with Crippen molar-refractivity contribution in [3.05, 3.63) is 41.5 Å². The lowest BCUT2D eigenvalue weighted by Gasteiger charge is -2.08. The first-order chi connectivity index (χ1) is 7.22. The molecular weight excluding hydrogens is 188 g/mol. The molecule has 2 aromatic rings. The van der Waals surface area contributed by atoms with Crippen molar-refractivity contribution >= 4 is 0 Å². The number of hydrogen-bond donors (Lipinski definition) is 1. The predicted octanol–water partition coefficient (Wildman–Crippen LogP) is 1.34. The number of nitrogens with zero attached hydrogens (tertiary/aromatic N) is 3. The van der Waals surface area contributed by atoms with Gasteiger partial charge in [-0.3, -0.25) is 0 Å². The zero-order valence-corrected chi connectivity index (χ0v) is 8.94. The van der Waals surface area contributed by atoms with Gasteiger partial charge in [-0.1, -0.05) is 18.2 Å². The fraction of sp³-hybridized carbons (Fsp3) is 0.273. The lowest BCUT2D eigenvalue weighted by molar-refractivity contribution is 0.821. The number of rotatable bonds is 2. The van der Waals surface area contributed by atoms with Gasteiger partial charge in [0.2, 0.25) is 0 Å². The summed E-state index contributed by atoms with van der Waals surface area (Å²) >= 11 is 0. The van der Waals surface area contributed by atoms with Crippen molar-refractivity contribution in [1.29, 1.82) is 0 Å². The third kappa shape index (κ3) is 1.76. The second kappa shape index (κ2) is 3.82. The third-order valence-electron chi connectivity index (χ3n) is 2.39. The van der Waals surface area contributed by atoms with Crippen molar-refractivity contribution in [1.82, 2.24) is 14.8 Å². The first-order valence-electron chi connectivity index (χ1n) is 4.89. The van der Waals surface area contributed by atoms with Gasteiger partial charge in [-0.05, 0) is 25.0 Å². The van der Waals surface area contributed by atoms with Gasteiger partial charge < -0.3 is 5.73 Å². The van der Waals surface area contributed by atoms with Crippen molar-refractivity contribution in [2.75, 3.05) is 0 Å². The molecule has 0 atom stereocenters. The Morgan fingerprint density at radius 3 is 2.47 bits per heavy atom. The predicted molar refractivity (Wildman–Crippen MR) is 58.7 cm³/mol. The van der Waals surface area contributed by atoms with Gasteiger partial charge in [0.1, 0.15) is 6.33 Å². The first-order valence-corrected chi connectivity index (χ1v) is 4.89. The van der Waals surface area contributed by atoms with Gasteiger partial charge in [0.05, 0.1) is 12.2 Å². The van der Waals surface area contributed by atoms with Crippen LogP contribution in [-0.4, -0.2) is 14.8 Å². The Bertz CT molecular complexity index is 453. The molecule has 0 aliphatic heterocycles. The minimum atomic E-state index is 0.373. The van der Waals surface area contributed by atoms with E-state index >= 15 is 0 Å². The normalized spacial score (nSPS) is 10.6. The molecule has 2 rings (SSSR count). The number of hydrogen-bond acceptors (Lipinski definition) is 3. The number of para-hydroxylation sites is 1. The average molecular weight is 202 g/mol. The Balaban J connectivity index is 2.53. The van der Waals surface area contributed by atoms with Crippen molar-refractivity contribution in [2.45, 2.75) is 20.4 Å². The van der Waals surface area contributed by atoms with Crippen LogP contribution in [0, 0.1) is 13.8 Å². The van der Waals surface area contributed by atoms with Crippen LogP contribution >= 0.6 is 0 Å². The van der Waals surface area contributed by atoms with E-state index in [2.05, 4.69) is 36.1 Å². The second-order valence-corrected chi connectivity index (χ2v) is 3.55. The fourth-order valence-corrected chi connectivity index (χ4v) is 1.67. The maximum absolute atomic E-state index is 5.48. The molecule has 0 spiro atoms. The molecule has 78 valence electrons. The molecule has 0 aliphatic rings. The van der Waals surface area contributed by atoms with E-state index in [1.165, 1.54) is 11.1 Å². The van der Waals surface area contributed by atoms with Crippen molar-refractivity contribution in [3.8, 4) is 5.69 Å². The van der Waals surface area contributed by atoms with E-state index in [4.69, 9.17) is 5.73 Å².